The van der Waals surface area contributed by atoms with E-state index in [1.54, 1.807) is 18.3 Å². The van der Waals surface area contributed by atoms with Crippen LogP contribution in [0.2, 0.25) is 5.02 Å². The third-order valence-corrected chi connectivity index (χ3v) is 5.49. The zero-order chi connectivity index (χ0) is 21.5. The number of hydrogen-bond acceptors (Lipinski definition) is 5. The van der Waals surface area contributed by atoms with Crippen LogP contribution in [0.15, 0.2) is 65.6 Å². The molecule has 0 amide bonds. The highest BCUT2D eigenvalue weighted by Crippen LogP contribution is 2.36. The molecule has 0 fully saturated rings. The fraction of sp³-hybridized carbons (Fsp3) is 0.0417. The third-order valence-electron chi connectivity index (χ3n) is 5.20. The number of aromatic nitrogens is 4. The van der Waals surface area contributed by atoms with Crippen molar-refractivity contribution in [2.45, 2.75) is 6.92 Å². The number of nitrogens with one attached hydrogen (secondary N) is 1. The van der Waals surface area contributed by atoms with Gasteiger partial charge in [-0.3, -0.25) is 9.78 Å². The summed E-state index contributed by atoms with van der Waals surface area (Å²) >= 11 is 6.53. The van der Waals surface area contributed by atoms with Gasteiger partial charge >= 0.3 is 0 Å². The molecule has 3 heterocycles. The normalized spacial score (nSPS) is 11.0. The molecule has 5 rings (SSSR count). The zero-order valence-corrected chi connectivity index (χ0v) is 17.1. The Morgan fingerprint density at radius 2 is 1.90 bits per heavy atom. The van der Waals surface area contributed by atoms with E-state index >= 15 is 0 Å². The van der Waals surface area contributed by atoms with Gasteiger partial charge in [-0.25, -0.2) is 9.97 Å². The van der Waals surface area contributed by atoms with Crippen LogP contribution in [0.1, 0.15) is 11.1 Å². The van der Waals surface area contributed by atoms with E-state index < -0.39 is 0 Å². The van der Waals surface area contributed by atoms with E-state index in [-0.39, 0.29) is 5.56 Å². The van der Waals surface area contributed by atoms with Crippen molar-refractivity contribution in [3.8, 4) is 28.6 Å². The summed E-state index contributed by atoms with van der Waals surface area (Å²) in [4.78, 5) is 28.5. The number of rotatable bonds is 2. The molecule has 5 aromatic rings. The second kappa shape index (κ2) is 7.31. The molecular weight excluding hydrogens is 410 g/mol. The molecule has 0 atom stereocenters. The van der Waals surface area contributed by atoms with E-state index in [1.807, 2.05) is 43.3 Å². The van der Waals surface area contributed by atoms with Gasteiger partial charge in [0.05, 0.1) is 33.6 Å². The third kappa shape index (κ3) is 3.21. The highest BCUT2D eigenvalue weighted by atomic mass is 35.5. The molecular formula is C24H14ClN5O. The van der Waals surface area contributed by atoms with Gasteiger partial charge in [0.25, 0.3) is 0 Å². The molecule has 0 aliphatic heterocycles. The Bertz CT molecular complexity index is 1600. The Morgan fingerprint density at radius 1 is 1.03 bits per heavy atom. The number of hydrogen-bond donors (Lipinski definition) is 1. The van der Waals surface area contributed by atoms with Gasteiger partial charge in [0.2, 0.25) is 5.56 Å². The smallest absolute Gasteiger partial charge is 0.249 e. The van der Waals surface area contributed by atoms with Gasteiger partial charge in [0.15, 0.2) is 5.65 Å². The maximum absolute atomic E-state index is 11.9. The summed E-state index contributed by atoms with van der Waals surface area (Å²) in [7, 11) is 0. The van der Waals surface area contributed by atoms with Gasteiger partial charge in [-0.1, -0.05) is 29.8 Å². The Morgan fingerprint density at radius 3 is 2.74 bits per heavy atom. The zero-order valence-electron chi connectivity index (χ0n) is 16.3. The topological polar surface area (TPSA) is 95.3 Å². The SMILES string of the molecule is Cc1c(C#N)cccc1-c1nc2[nH]c(=O)ccc2nc1-c1cc(Cl)c2ncccc2c1. The monoisotopic (exact) mass is 423 g/mol. The number of aromatic amines is 1. The highest BCUT2D eigenvalue weighted by molar-refractivity contribution is 6.35. The summed E-state index contributed by atoms with van der Waals surface area (Å²) in [5, 5.41) is 10.9. The minimum Gasteiger partial charge on any atom is -0.305 e. The molecule has 0 saturated carbocycles. The molecule has 0 saturated heterocycles. The average molecular weight is 424 g/mol. The predicted molar refractivity (Wildman–Crippen MR) is 121 cm³/mol. The summed E-state index contributed by atoms with van der Waals surface area (Å²) in [5.41, 5.74) is 5.39. The van der Waals surface area contributed by atoms with E-state index in [4.69, 9.17) is 21.6 Å². The lowest BCUT2D eigenvalue weighted by molar-refractivity contribution is 1.19. The molecule has 0 aliphatic carbocycles. The maximum atomic E-state index is 11.9. The fourth-order valence-corrected chi connectivity index (χ4v) is 3.93. The molecule has 1 N–H and O–H groups in total. The summed E-state index contributed by atoms with van der Waals surface area (Å²) in [6, 6.07) is 18.3. The van der Waals surface area contributed by atoms with Gasteiger partial charge in [0.1, 0.15) is 5.52 Å². The summed E-state index contributed by atoms with van der Waals surface area (Å²) < 4.78 is 0. The van der Waals surface area contributed by atoms with Crippen LogP contribution in [0.3, 0.4) is 0 Å². The first-order valence-electron chi connectivity index (χ1n) is 9.51. The summed E-state index contributed by atoms with van der Waals surface area (Å²) in [6.45, 7) is 1.87. The van der Waals surface area contributed by atoms with Crippen LogP contribution < -0.4 is 5.56 Å². The molecule has 0 radical (unpaired) electrons. The van der Waals surface area contributed by atoms with Crippen LogP contribution >= 0.6 is 11.6 Å². The number of benzene rings is 2. The number of nitrogens with zero attached hydrogens (tertiary/aromatic N) is 4. The number of fused-ring (bicyclic) bond motifs is 2. The van der Waals surface area contributed by atoms with Gasteiger partial charge in [0, 0.05) is 28.8 Å². The molecule has 0 aliphatic rings. The molecule has 3 aromatic heterocycles. The second-order valence-corrected chi connectivity index (χ2v) is 7.51. The number of H-pyrrole nitrogens is 1. The van der Waals surface area contributed by atoms with Crippen molar-refractivity contribution in [2.75, 3.05) is 0 Å². The molecule has 7 heteroatoms. The van der Waals surface area contributed by atoms with E-state index in [0.29, 0.717) is 38.7 Å². The van der Waals surface area contributed by atoms with Crippen molar-refractivity contribution in [1.29, 1.82) is 5.26 Å². The van der Waals surface area contributed by atoms with Crippen LogP contribution in [0.4, 0.5) is 0 Å². The minimum absolute atomic E-state index is 0.261. The van der Waals surface area contributed by atoms with Crippen molar-refractivity contribution in [1.82, 2.24) is 19.9 Å². The fourth-order valence-electron chi connectivity index (χ4n) is 3.66. The Labute approximate surface area is 181 Å². The standard InChI is InChI=1S/C24H14ClN5O/c1-13-15(12-26)4-2-6-17(13)23-22(28-19-7-8-20(31)29-24(19)30-23)16-10-14-5-3-9-27-21(14)18(25)11-16/h2-11H,1H3,(H,29,30,31). The first kappa shape index (κ1) is 18.9. The molecule has 6 nitrogen and oxygen atoms in total. The van der Waals surface area contributed by atoms with Crippen molar-refractivity contribution in [3.05, 3.63) is 87.3 Å². The number of pyridine rings is 2. The maximum Gasteiger partial charge on any atom is 0.249 e. The van der Waals surface area contributed by atoms with E-state index in [0.717, 1.165) is 22.1 Å². The quantitative estimate of drug-likeness (QED) is 0.429. The van der Waals surface area contributed by atoms with Gasteiger partial charge in [-0.05, 0) is 42.8 Å². The summed E-state index contributed by atoms with van der Waals surface area (Å²) in [6.07, 6.45) is 1.70. The van der Waals surface area contributed by atoms with E-state index in [1.165, 1.54) is 6.07 Å². The predicted octanol–water partition coefficient (Wildman–Crippen LogP) is 5.03. The lowest BCUT2D eigenvalue weighted by Gasteiger charge is -2.14. The molecule has 0 unspecified atom stereocenters. The lowest BCUT2D eigenvalue weighted by atomic mass is 9.96. The van der Waals surface area contributed by atoms with Crippen molar-refractivity contribution in [3.63, 3.8) is 0 Å². The molecule has 0 spiro atoms. The van der Waals surface area contributed by atoms with E-state index in [9.17, 15) is 10.1 Å². The van der Waals surface area contributed by atoms with Crippen LogP contribution in [0.5, 0.6) is 0 Å². The summed E-state index contributed by atoms with van der Waals surface area (Å²) in [5.74, 6) is 0. The van der Waals surface area contributed by atoms with E-state index in [2.05, 4.69) is 16.0 Å². The molecule has 2 aromatic carbocycles. The second-order valence-electron chi connectivity index (χ2n) is 7.10. The average Bonchev–Trinajstić information content (AvgIpc) is 2.78. The van der Waals surface area contributed by atoms with Crippen molar-refractivity contribution in [2.24, 2.45) is 0 Å². The van der Waals surface area contributed by atoms with Crippen LogP contribution in [-0.4, -0.2) is 19.9 Å². The van der Waals surface area contributed by atoms with Crippen LogP contribution in [0.25, 0.3) is 44.6 Å². The van der Waals surface area contributed by atoms with Crippen molar-refractivity contribution >= 4 is 33.7 Å². The Hall–Kier alpha value is -4.08. The van der Waals surface area contributed by atoms with Gasteiger partial charge in [-0.2, -0.15) is 5.26 Å². The first-order chi connectivity index (χ1) is 15.0. The van der Waals surface area contributed by atoms with Gasteiger partial charge in [-0.15, -0.1) is 0 Å². The Balaban J connectivity index is 1.88. The van der Waals surface area contributed by atoms with Crippen molar-refractivity contribution < 1.29 is 0 Å². The minimum atomic E-state index is -0.261. The lowest BCUT2D eigenvalue weighted by Crippen LogP contribution is -2.06. The molecule has 148 valence electrons. The van der Waals surface area contributed by atoms with Crippen LogP contribution in [-0.2, 0) is 0 Å². The molecule has 31 heavy (non-hydrogen) atoms. The first-order valence-corrected chi connectivity index (χ1v) is 9.89. The Kier molecular flexibility index (Phi) is 4.46. The largest absolute Gasteiger partial charge is 0.305 e. The highest BCUT2D eigenvalue weighted by Gasteiger charge is 2.18. The molecule has 0 bridgehead atoms. The van der Waals surface area contributed by atoms with Crippen LogP contribution in [0, 0.1) is 18.3 Å². The van der Waals surface area contributed by atoms with Gasteiger partial charge < -0.3 is 4.98 Å². The number of nitriles is 1. The number of halogens is 1.